The third-order valence-electron chi connectivity index (χ3n) is 4.27. The van der Waals surface area contributed by atoms with E-state index in [4.69, 9.17) is 0 Å². The maximum absolute atomic E-state index is 12.3. The Morgan fingerprint density at radius 1 is 1.07 bits per heavy atom. The van der Waals surface area contributed by atoms with Crippen LogP contribution in [0.3, 0.4) is 0 Å². The molecule has 4 N–H and O–H groups in total. The van der Waals surface area contributed by atoms with Gasteiger partial charge >= 0.3 is 11.8 Å². The first-order chi connectivity index (χ1) is 13.7. The van der Waals surface area contributed by atoms with Gasteiger partial charge in [-0.2, -0.15) is 5.10 Å². The molecule has 2 heterocycles. The minimum absolute atomic E-state index is 0.00984. The summed E-state index contributed by atoms with van der Waals surface area (Å²) >= 11 is 0. The van der Waals surface area contributed by atoms with E-state index in [9.17, 15) is 14.7 Å². The minimum atomic E-state index is -0.797. The standard InChI is InChI=1S/C20H21N5O3/c26-11-9-15(14-6-2-1-3-7-14)12-22-19(27)20(28)24-17-13-23-25-18(17)16-8-4-5-10-21-16/h1-8,10,13,15,26H,9,11-12H2,(H,22,27)(H,23,25)(H,24,28)/t15-/m0/s1. The van der Waals surface area contributed by atoms with Gasteiger partial charge in [0.1, 0.15) is 5.69 Å². The van der Waals surface area contributed by atoms with Crippen molar-refractivity contribution >= 4 is 17.5 Å². The largest absolute Gasteiger partial charge is 0.396 e. The molecule has 144 valence electrons. The smallest absolute Gasteiger partial charge is 0.313 e. The van der Waals surface area contributed by atoms with E-state index in [-0.39, 0.29) is 19.1 Å². The Kier molecular flexibility index (Phi) is 6.48. The summed E-state index contributed by atoms with van der Waals surface area (Å²) < 4.78 is 0. The quantitative estimate of drug-likeness (QED) is 0.466. The number of hydrogen-bond acceptors (Lipinski definition) is 5. The van der Waals surface area contributed by atoms with E-state index in [1.165, 1.54) is 6.20 Å². The zero-order valence-corrected chi connectivity index (χ0v) is 15.1. The summed E-state index contributed by atoms with van der Waals surface area (Å²) in [4.78, 5) is 28.7. The highest BCUT2D eigenvalue weighted by Gasteiger charge is 2.19. The van der Waals surface area contributed by atoms with Gasteiger partial charge in [0.05, 0.1) is 17.6 Å². The first kappa shape index (κ1) is 19.2. The minimum Gasteiger partial charge on any atom is -0.396 e. The molecule has 3 aromatic rings. The molecule has 28 heavy (non-hydrogen) atoms. The van der Waals surface area contributed by atoms with Crippen molar-refractivity contribution in [1.82, 2.24) is 20.5 Å². The van der Waals surface area contributed by atoms with Gasteiger partial charge in [0.25, 0.3) is 0 Å². The molecule has 2 aromatic heterocycles. The number of H-pyrrole nitrogens is 1. The van der Waals surface area contributed by atoms with Gasteiger partial charge in [-0.15, -0.1) is 0 Å². The predicted molar refractivity (Wildman–Crippen MR) is 104 cm³/mol. The highest BCUT2D eigenvalue weighted by Crippen LogP contribution is 2.23. The maximum Gasteiger partial charge on any atom is 0.313 e. The van der Waals surface area contributed by atoms with Crippen LogP contribution in [0.4, 0.5) is 5.69 Å². The summed E-state index contributed by atoms with van der Waals surface area (Å²) in [6, 6.07) is 14.9. The Hall–Kier alpha value is -3.52. The Balaban J connectivity index is 1.61. The lowest BCUT2D eigenvalue weighted by Gasteiger charge is -2.17. The van der Waals surface area contributed by atoms with Crippen LogP contribution in [0.15, 0.2) is 60.9 Å². The molecule has 0 spiro atoms. The predicted octanol–water partition coefficient (Wildman–Crippen LogP) is 1.69. The van der Waals surface area contributed by atoms with Crippen molar-refractivity contribution < 1.29 is 14.7 Å². The third kappa shape index (κ3) is 4.80. The number of nitrogens with zero attached hydrogens (tertiary/aromatic N) is 2. The number of aliphatic hydroxyl groups excluding tert-OH is 1. The number of benzene rings is 1. The summed E-state index contributed by atoms with van der Waals surface area (Å²) in [5, 5.41) is 21.1. The molecule has 8 nitrogen and oxygen atoms in total. The Morgan fingerprint density at radius 2 is 1.86 bits per heavy atom. The van der Waals surface area contributed by atoms with Gasteiger partial charge in [0.2, 0.25) is 0 Å². The fourth-order valence-corrected chi connectivity index (χ4v) is 2.83. The lowest BCUT2D eigenvalue weighted by molar-refractivity contribution is -0.136. The molecular weight excluding hydrogens is 358 g/mol. The molecule has 8 heteroatoms. The summed E-state index contributed by atoms with van der Waals surface area (Å²) in [7, 11) is 0. The topological polar surface area (TPSA) is 120 Å². The molecule has 2 amide bonds. The molecule has 0 unspecified atom stereocenters. The van der Waals surface area contributed by atoms with Crippen LogP contribution in [-0.2, 0) is 9.59 Å². The van der Waals surface area contributed by atoms with E-state index < -0.39 is 11.8 Å². The molecule has 0 saturated carbocycles. The van der Waals surface area contributed by atoms with E-state index in [1.807, 2.05) is 36.4 Å². The number of anilines is 1. The van der Waals surface area contributed by atoms with Crippen molar-refractivity contribution in [1.29, 1.82) is 0 Å². The fraction of sp³-hybridized carbons (Fsp3) is 0.200. The van der Waals surface area contributed by atoms with Crippen LogP contribution in [-0.4, -0.2) is 45.3 Å². The number of aromatic nitrogens is 3. The average Bonchev–Trinajstić information content (AvgIpc) is 3.20. The van der Waals surface area contributed by atoms with Gasteiger partial charge in [-0.3, -0.25) is 19.7 Å². The number of nitrogens with one attached hydrogen (secondary N) is 3. The summed E-state index contributed by atoms with van der Waals surface area (Å²) in [5.41, 5.74) is 2.48. The number of rotatable bonds is 7. The van der Waals surface area contributed by atoms with Crippen LogP contribution in [0.25, 0.3) is 11.4 Å². The van der Waals surface area contributed by atoms with Gasteiger partial charge in [0, 0.05) is 25.3 Å². The number of aliphatic hydroxyl groups is 1. The molecule has 0 aliphatic heterocycles. The van der Waals surface area contributed by atoms with Gasteiger partial charge in [0.15, 0.2) is 0 Å². The van der Waals surface area contributed by atoms with Crippen LogP contribution in [0.2, 0.25) is 0 Å². The molecule has 3 rings (SSSR count). The molecule has 0 aliphatic rings. The van der Waals surface area contributed by atoms with Crippen molar-refractivity contribution in [3.05, 3.63) is 66.5 Å². The normalized spacial score (nSPS) is 11.6. The van der Waals surface area contributed by atoms with E-state index in [1.54, 1.807) is 18.3 Å². The van der Waals surface area contributed by atoms with E-state index in [0.29, 0.717) is 23.5 Å². The van der Waals surface area contributed by atoms with Gasteiger partial charge < -0.3 is 15.7 Å². The van der Waals surface area contributed by atoms with Gasteiger partial charge in [-0.05, 0) is 24.1 Å². The second kappa shape index (κ2) is 9.43. The molecule has 0 fully saturated rings. The molecule has 1 aromatic carbocycles. The van der Waals surface area contributed by atoms with E-state index in [2.05, 4.69) is 25.8 Å². The Labute approximate surface area is 162 Å². The first-order valence-corrected chi connectivity index (χ1v) is 8.88. The number of aromatic amines is 1. The maximum atomic E-state index is 12.3. The highest BCUT2D eigenvalue weighted by atomic mass is 16.3. The van der Waals surface area contributed by atoms with Crippen molar-refractivity contribution in [2.75, 3.05) is 18.5 Å². The molecule has 1 atom stereocenters. The second-order valence-corrected chi connectivity index (χ2v) is 6.16. The molecule has 0 radical (unpaired) electrons. The van der Waals surface area contributed by atoms with Crippen molar-refractivity contribution in [2.45, 2.75) is 12.3 Å². The van der Waals surface area contributed by atoms with Gasteiger partial charge in [-0.1, -0.05) is 36.4 Å². The number of hydrogen-bond donors (Lipinski definition) is 4. The molecule has 0 aliphatic carbocycles. The Bertz CT molecular complexity index is 912. The monoisotopic (exact) mass is 379 g/mol. The average molecular weight is 379 g/mol. The summed E-state index contributed by atoms with van der Waals surface area (Å²) in [5.74, 6) is -1.64. The SMILES string of the molecule is O=C(NC[C@H](CCO)c1ccccc1)C(=O)Nc1cn[nH]c1-c1ccccn1. The second-order valence-electron chi connectivity index (χ2n) is 6.16. The molecule has 0 saturated heterocycles. The summed E-state index contributed by atoms with van der Waals surface area (Å²) in [6.07, 6.45) is 3.53. The van der Waals surface area contributed by atoms with E-state index >= 15 is 0 Å². The van der Waals surface area contributed by atoms with E-state index in [0.717, 1.165) is 5.56 Å². The van der Waals surface area contributed by atoms with Crippen molar-refractivity contribution in [3.63, 3.8) is 0 Å². The van der Waals surface area contributed by atoms with Crippen molar-refractivity contribution in [2.24, 2.45) is 0 Å². The molecular formula is C20H21N5O3. The number of carbonyl (C=O) groups is 2. The molecule has 0 bridgehead atoms. The lowest BCUT2D eigenvalue weighted by Crippen LogP contribution is -2.37. The Morgan fingerprint density at radius 3 is 2.57 bits per heavy atom. The van der Waals surface area contributed by atoms with Crippen LogP contribution in [0, 0.1) is 0 Å². The van der Waals surface area contributed by atoms with Crippen LogP contribution in [0.5, 0.6) is 0 Å². The number of pyridine rings is 1. The highest BCUT2D eigenvalue weighted by molar-refractivity contribution is 6.39. The number of amides is 2. The summed E-state index contributed by atoms with van der Waals surface area (Å²) in [6.45, 7) is 0.236. The van der Waals surface area contributed by atoms with Crippen molar-refractivity contribution in [3.8, 4) is 11.4 Å². The van der Waals surface area contributed by atoms with Gasteiger partial charge in [-0.25, -0.2) is 0 Å². The zero-order chi connectivity index (χ0) is 19.8. The zero-order valence-electron chi connectivity index (χ0n) is 15.1. The van der Waals surface area contributed by atoms with Crippen LogP contribution < -0.4 is 10.6 Å². The fourth-order valence-electron chi connectivity index (χ4n) is 2.83. The first-order valence-electron chi connectivity index (χ1n) is 8.88. The lowest BCUT2D eigenvalue weighted by atomic mass is 9.96. The third-order valence-corrected chi connectivity index (χ3v) is 4.27. The van der Waals surface area contributed by atoms with Crippen LogP contribution >= 0.6 is 0 Å². The van der Waals surface area contributed by atoms with Crippen LogP contribution in [0.1, 0.15) is 17.9 Å². The number of carbonyl (C=O) groups excluding carboxylic acids is 2.